The molecule has 2 heterocycles. The number of likely N-dealkylation sites (tertiary alicyclic amines) is 1. The number of ether oxygens (including phenoxy) is 2. The van der Waals surface area contributed by atoms with Crippen molar-refractivity contribution >= 4 is 17.4 Å². The van der Waals surface area contributed by atoms with E-state index in [1.807, 2.05) is 18.2 Å². The summed E-state index contributed by atoms with van der Waals surface area (Å²) in [5, 5.41) is 11.0. The molecule has 2 fully saturated rings. The maximum Gasteiger partial charge on any atom is 0.295 e. The maximum atomic E-state index is 13.0. The van der Waals surface area contributed by atoms with E-state index in [1.165, 1.54) is 0 Å². The lowest BCUT2D eigenvalue weighted by Crippen LogP contribution is -2.38. The first-order valence-electron chi connectivity index (χ1n) is 10.9. The van der Waals surface area contributed by atoms with Gasteiger partial charge in [0.15, 0.2) is 0 Å². The van der Waals surface area contributed by atoms with Crippen molar-refractivity contribution in [3.63, 3.8) is 0 Å². The van der Waals surface area contributed by atoms with Crippen LogP contribution in [0.25, 0.3) is 5.76 Å². The van der Waals surface area contributed by atoms with Crippen LogP contribution in [0.3, 0.4) is 0 Å². The van der Waals surface area contributed by atoms with Crippen molar-refractivity contribution in [2.75, 3.05) is 46.5 Å². The molecule has 0 bridgehead atoms. The molecule has 32 heavy (non-hydrogen) atoms. The number of aliphatic hydroxyl groups is 1. The van der Waals surface area contributed by atoms with E-state index in [1.54, 1.807) is 48.4 Å². The second kappa shape index (κ2) is 9.97. The Morgan fingerprint density at radius 2 is 1.72 bits per heavy atom. The van der Waals surface area contributed by atoms with Crippen molar-refractivity contribution in [3.05, 3.63) is 71.3 Å². The highest BCUT2D eigenvalue weighted by atomic mass is 16.5. The number of methoxy groups -OCH3 is 1. The van der Waals surface area contributed by atoms with Crippen LogP contribution in [-0.2, 0) is 14.3 Å². The van der Waals surface area contributed by atoms with E-state index < -0.39 is 17.7 Å². The standard InChI is InChI=1S/C25H28N2O5/c1-31-20-10-8-18(9-11-20)22-21(23(28)19-6-3-2-4-7-19)24(29)25(30)27(22)13-5-12-26-14-16-32-17-15-26/h2-4,6-11,22,28H,5,12-17H2,1H3/b23-21+/t22-/m0/s1. The van der Waals surface area contributed by atoms with E-state index in [0.29, 0.717) is 31.1 Å². The lowest BCUT2D eigenvalue weighted by molar-refractivity contribution is -0.140. The minimum atomic E-state index is -0.654. The lowest BCUT2D eigenvalue weighted by atomic mass is 9.95. The third kappa shape index (κ3) is 4.54. The molecule has 2 aliphatic rings. The summed E-state index contributed by atoms with van der Waals surface area (Å²) in [6, 6.07) is 15.5. The molecule has 4 rings (SSSR count). The van der Waals surface area contributed by atoms with Crippen molar-refractivity contribution in [1.82, 2.24) is 9.80 Å². The van der Waals surface area contributed by atoms with Crippen LogP contribution in [0, 0.1) is 0 Å². The summed E-state index contributed by atoms with van der Waals surface area (Å²) in [7, 11) is 1.59. The second-order valence-electron chi connectivity index (χ2n) is 7.94. The minimum absolute atomic E-state index is 0.123. The first-order chi connectivity index (χ1) is 15.6. The van der Waals surface area contributed by atoms with Crippen LogP contribution in [0.5, 0.6) is 5.75 Å². The fourth-order valence-corrected chi connectivity index (χ4v) is 4.28. The van der Waals surface area contributed by atoms with Crippen LogP contribution in [0.2, 0.25) is 0 Å². The summed E-state index contributed by atoms with van der Waals surface area (Å²) in [6.45, 7) is 4.41. The first kappa shape index (κ1) is 22.0. The van der Waals surface area contributed by atoms with Crippen LogP contribution in [-0.4, -0.2) is 73.1 Å². The number of nitrogens with zero attached hydrogens (tertiary/aromatic N) is 2. The molecule has 7 heteroatoms. The molecule has 7 nitrogen and oxygen atoms in total. The maximum absolute atomic E-state index is 13.0. The highest BCUT2D eigenvalue weighted by Gasteiger charge is 2.45. The Balaban J connectivity index is 1.65. The number of rotatable bonds is 7. The summed E-state index contributed by atoms with van der Waals surface area (Å²) in [5.41, 5.74) is 1.39. The van der Waals surface area contributed by atoms with Crippen LogP contribution < -0.4 is 4.74 Å². The molecule has 168 valence electrons. The average Bonchev–Trinajstić information content (AvgIpc) is 3.10. The number of aliphatic hydroxyl groups excluding tert-OH is 1. The van der Waals surface area contributed by atoms with E-state index in [0.717, 1.165) is 31.6 Å². The molecule has 0 aromatic heterocycles. The number of ketones is 1. The Kier molecular flexibility index (Phi) is 6.87. The predicted molar refractivity (Wildman–Crippen MR) is 120 cm³/mol. The quantitative estimate of drug-likeness (QED) is 0.409. The van der Waals surface area contributed by atoms with Gasteiger partial charge in [-0.25, -0.2) is 0 Å². The average molecular weight is 437 g/mol. The molecule has 0 saturated carbocycles. The Hall–Kier alpha value is -3.16. The predicted octanol–water partition coefficient (Wildman–Crippen LogP) is 2.84. The normalized spacial score (nSPS) is 21.2. The summed E-state index contributed by atoms with van der Waals surface area (Å²) < 4.78 is 10.6. The molecule has 2 aromatic carbocycles. The zero-order valence-electron chi connectivity index (χ0n) is 18.2. The summed E-state index contributed by atoms with van der Waals surface area (Å²) in [6.07, 6.45) is 0.727. The van der Waals surface area contributed by atoms with Gasteiger partial charge in [0.05, 0.1) is 31.9 Å². The molecule has 1 atom stereocenters. The van der Waals surface area contributed by atoms with Gasteiger partial charge >= 0.3 is 0 Å². The highest BCUT2D eigenvalue weighted by Crippen LogP contribution is 2.39. The Labute approximate surface area is 187 Å². The molecule has 2 aliphatic heterocycles. The van der Waals surface area contributed by atoms with Gasteiger partial charge in [-0.3, -0.25) is 14.5 Å². The Morgan fingerprint density at radius 3 is 2.38 bits per heavy atom. The molecule has 0 unspecified atom stereocenters. The fourth-order valence-electron chi connectivity index (χ4n) is 4.28. The molecule has 0 aliphatic carbocycles. The van der Waals surface area contributed by atoms with E-state index in [4.69, 9.17) is 9.47 Å². The topological polar surface area (TPSA) is 79.3 Å². The molecule has 0 spiro atoms. The molecule has 0 radical (unpaired) electrons. The molecule has 1 N–H and O–H groups in total. The molecule has 1 amide bonds. The number of hydrogen-bond donors (Lipinski definition) is 1. The van der Waals surface area contributed by atoms with Crippen LogP contribution in [0.15, 0.2) is 60.2 Å². The highest BCUT2D eigenvalue weighted by molar-refractivity contribution is 6.46. The van der Waals surface area contributed by atoms with Gasteiger partial charge in [-0.15, -0.1) is 0 Å². The second-order valence-corrected chi connectivity index (χ2v) is 7.94. The van der Waals surface area contributed by atoms with Crippen molar-refractivity contribution in [1.29, 1.82) is 0 Å². The number of carbonyl (C=O) groups is 2. The fraction of sp³-hybridized carbons (Fsp3) is 0.360. The third-order valence-corrected chi connectivity index (χ3v) is 6.00. The van der Waals surface area contributed by atoms with Crippen LogP contribution in [0.1, 0.15) is 23.6 Å². The largest absolute Gasteiger partial charge is 0.507 e. The van der Waals surface area contributed by atoms with Crippen LogP contribution >= 0.6 is 0 Å². The Bertz CT molecular complexity index is 981. The number of Topliss-reactive ketones (excluding diaryl/α,β-unsaturated/α-hetero) is 1. The van der Waals surface area contributed by atoms with Crippen molar-refractivity contribution in [3.8, 4) is 5.75 Å². The number of hydrogen-bond acceptors (Lipinski definition) is 6. The van der Waals surface area contributed by atoms with Gasteiger partial charge < -0.3 is 19.5 Å². The third-order valence-electron chi connectivity index (χ3n) is 6.00. The monoisotopic (exact) mass is 436 g/mol. The number of carbonyl (C=O) groups excluding carboxylic acids is 2. The van der Waals surface area contributed by atoms with Crippen molar-refractivity contribution < 1.29 is 24.2 Å². The molecule has 2 aromatic rings. The van der Waals surface area contributed by atoms with Crippen molar-refractivity contribution in [2.45, 2.75) is 12.5 Å². The van der Waals surface area contributed by atoms with Gasteiger partial charge in [0, 0.05) is 31.7 Å². The zero-order valence-corrected chi connectivity index (χ0v) is 18.2. The van der Waals surface area contributed by atoms with Gasteiger partial charge in [-0.05, 0) is 24.1 Å². The first-order valence-corrected chi connectivity index (χ1v) is 10.9. The van der Waals surface area contributed by atoms with E-state index >= 15 is 0 Å². The number of benzene rings is 2. The zero-order chi connectivity index (χ0) is 22.5. The summed E-state index contributed by atoms with van der Waals surface area (Å²) in [4.78, 5) is 29.9. The molecule has 2 saturated heterocycles. The SMILES string of the molecule is COc1ccc([C@H]2/C(=C(\O)c3ccccc3)C(=O)C(=O)N2CCCN2CCOCC2)cc1. The molecular formula is C25H28N2O5. The Morgan fingerprint density at radius 1 is 1.03 bits per heavy atom. The van der Waals surface area contributed by atoms with Gasteiger partial charge in [-0.1, -0.05) is 42.5 Å². The summed E-state index contributed by atoms with van der Waals surface area (Å²) >= 11 is 0. The summed E-state index contributed by atoms with van der Waals surface area (Å²) in [5.74, 6) is -0.703. The number of morpholine rings is 1. The smallest absolute Gasteiger partial charge is 0.295 e. The van der Waals surface area contributed by atoms with E-state index in [2.05, 4.69) is 4.90 Å². The van der Waals surface area contributed by atoms with Gasteiger partial charge in [0.2, 0.25) is 0 Å². The number of amides is 1. The van der Waals surface area contributed by atoms with E-state index in [9.17, 15) is 14.7 Å². The van der Waals surface area contributed by atoms with Gasteiger partial charge in [0.25, 0.3) is 11.7 Å². The minimum Gasteiger partial charge on any atom is -0.507 e. The van der Waals surface area contributed by atoms with Crippen molar-refractivity contribution in [2.24, 2.45) is 0 Å². The lowest BCUT2D eigenvalue weighted by Gasteiger charge is -2.29. The van der Waals surface area contributed by atoms with Gasteiger partial charge in [0.1, 0.15) is 11.5 Å². The van der Waals surface area contributed by atoms with E-state index in [-0.39, 0.29) is 11.3 Å². The van der Waals surface area contributed by atoms with Crippen LogP contribution in [0.4, 0.5) is 0 Å². The van der Waals surface area contributed by atoms with Gasteiger partial charge in [-0.2, -0.15) is 0 Å². The molecular weight excluding hydrogens is 408 g/mol.